The van der Waals surface area contributed by atoms with Crippen LogP contribution in [0.4, 0.5) is 5.69 Å². The SMILES string of the molecule is C[C@@H](COc1ccnc2c1[C@H](C)CCC2)CC1Cc2ccc(OCCCCN)cc2C12CCC(Nc1cccc(Cl)c1)(C(=O)O)CC2. The van der Waals surface area contributed by atoms with Crippen molar-refractivity contribution in [3.8, 4) is 11.5 Å². The summed E-state index contributed by atoms with van der Waals surface area (Å²) in [5, 5.41) is 14.6. The molecule has 252 valence electrons. The second kappa shape index (κ2) is 14.4. The minimum atomic E-state index is -1.05. The maximum atomic E-state index is 12.9. The van der Waals surface area contributed by atoms with Gasteiger partial charge in [-0.15, -0.1) is 0 Å². The minimum Gasteiger partial charge on any atom is -0.494 e. The molecule has 4 N–H and O–H groups in total. The molecule has 0 amide bonds. The zero-order valence-electron chi connectivity index (χ0n) is 27.9. The number of aromatic nitrogens is 1. The van der Waals surface area contributed by atoms with E-state index in [2.05, 4.69) is 42.3 Å². The monoisotopic (exact) mass is 659 g/mol. The molecule has 3 aliphatic carbocycles. The van der Waals surface area contributed by atoms with E-state index < -0.39 is 11.5 Å². The number of halogens is 1. The Labute approximate surface area is 284 Å². The largest absolute Gasteiger partial charge is 0.494 e. The van der Waals surface area contributed by atoms with Crippen LogP contribution in [0.15, 0.2) is 54.7 Å². The quantitative estimate of drug-likeness (QED) is 0.158. The molecule has 3 aromatic rings. The molecule has 0 bridgehead atoms. The van der Waals surface area contributed by atoms with E-state index in [1.165, 1.54) is 35.2 Å². The highest BCUT2D eigenvalue weighted by Gasteiger charge is 2.54. The zero-order valence-corrected chi connectivity index (χ0v) is 28.7. The summed E-state index contributed by atoms with van der Waals surface area (Å²) < 4.78 is 12.8. The van der Waals surface area contributed by atoms with Crippen molar-refractivity contribution in [2.45, 2.75) is 101 Å². The van der Waals surface area contributed by atoms with Gasteiger partial charge in [0.05, 0.1) is 13.2 Å². The Bertz CT molecular complexity index is 1550. The lowest BCUT2D eigenvalue weighted by atomic mass is 9.59. The van der Waals surface area contributed by atoms with Gasteiger partial charge in [-0.25, -0.2) is 4.79 Å². The maximum absolute atomic E-state index is 12.9. The fraction of sp³-hybridized carbons (Fsp3) is 0.538. The molecule has 47 heavy (non-hydrogen) atoms. The summed E-state index contributed by atoms with van der Waals surface area (Å²) in [7, 11) is 0. The van der Waals surface area contributed by atoms with E-state index in [0.29, 0.717) is 55.4 Å². The van der Waals surface area contributed by atoms with Gasteiger partial charge >= 0.3 is 5.97 Å². The van der Waals surface area contributed by atoms with E-state index in [4.69, 9.17) is 26.8 Å². The van der Waals surface area contributed by atoms with Gasteiger partial charge in [0.1, 0.15) is 17.0 Å². The van der Waals surface area contributed by atoms with Gasteiger partial charge in [0.25, 0.3) is 0 Å². The molecule has 2 aromatic carbocycles. The number of hydrogen-bond donors (Lipinski definition) is 3. The van der Waals surface area contributed by atoms with Crippen LogP contribution < -0.4 is 20.5 Å². The molecule has 8 heteroatoms. The standard InChI is InChI=1S/C39H50ClN3O4/c1-26(25-47-35-13-19-42-34-10-5-7-27(2)36(34)35)21-29-22-28-11-12-32(46-20-4-3-18-41)24-33(28)38(29)14-16-39(17-15-38,37(44)45)43-31-9-6-8-30(40)23-31/h6,8-9,11-13,19,23-24,26-27,29,43H,3-5,7,10,14-18,20-22,25,41H2,1-2H3,(H,44,45)/t26-,27-,29?,38?,39?/m1/s1. The summed E-state index contributed by atoms with van der Waals surface area (Å²) >= 11 is 6.27. The molecule has 3 atom stereocenters. The number of aryl methyl sites for hydroxylation is 1. The van der Waals surface area contributed by atoms with E-state index in [0.717, 1.165) is 62.1 Å². The van der Waals surface area contributed by atoms with Crippen molar-refractivity contribution in [1.82, 2.24) is 4.98 Å². The predicted octanol–water partition coefficient (Wildman–Crippen LogP) is 8.32. The van der Waals surface area contributed by atoms with Gasteiger partial charge in [-0.05, 0) is 148 Å². The number of rotatable bonds is 13. The maximum Gasteiger partial charge on any atom is 0.329 e. The Kier molecular flexibility index (Phi) is 10.3. The lowest BCUT2D eigenvalue weighted by Gasteiger charge is -2.47. The molecule has 6 rings (SSSR count). The van der Waals surface area contributed by atoms with Gasteiger partial charge in [-0.2, -0.15) is 0 Å². The molecule has 0 saturated heterocycles. The van der Waals surface area contributed by atoms with E-state index in [1.54, 1.807) is 12.1 Å². The first-order chi connectivity index (χ1) is 22.7. The van der Waals surface area contributed by atoms with Gasteiger partial charge in [0.2, 0.25) is 0 Å². The Morgan fingerprint density at radius 3 is 2.72 bits per heavy atom. The summed E-state index contributed by atoms with van der Waals surface area (Å²) in [5.41, 5.74) is 10.4. The molecule has 1 aromatic heterocycles. The van der Waals surface area contributed by atoms with Crippen LogP contribution in [0.5, 0.6) is 11.5 Å². The summed E-state index contributed by atoms with van der Waals surface area (Å²) in [5.74, 6) is 2.25. The number of carbonyl (C=O) groups is 1. The predicted molar refractivity (Wildman–Crippen MR) is 188 cm³/mol. The first-order valence-electron chi connectivity index (χ1n) is 17.6. The first-order valence-corrected chi connectivity index (χ1v) is 17.9. The normalized spacial score (nSPS) is 25.5. The number of anilines is 1. The Morgan fingerprint density at radius 1 is 1.13 bits per heavy atom. The summed E-state index contributed by atoms with van der Waals surface area (Å²) in [4.78, 5) is 17.6. The van der Waals surface area contributed by atoms with Crippen LogP contribution in [0.25, 0.3) is 0 Å². The summed E-state index contributed by atoms with van der Waals surface area (Å²) in [6.07, 6.45) is 11.7. The number of aliphatic carboxylic acids is 1. The Balaban J connectivity index is 1.23. The highest BCUT2D eigenvalue weighted by molar-refractivity contribution is 6.30. The van der Waals surface area contributed by atoms with Gasteiger partial charge < -0.3 is 25.6 Å². The van der Waals surface area contributed by atoms with Crippen molar-refractivity contribution >= 4 is 23.3 Å². The number of nitrogens with zero attached hydrogens (tertiary/aromatic N) is 1. The third kappa shape index (κ3) is 7.12. The van der Waals surface area contributed by atoms with Gasteiger partial charge in [-0.1, -0.05) is 37.6 Å². The number of benzene rings is 2. The van der Waals surface area contributed by atoms with Crippen LogP contribution in [0.3, 0.4) is 0 Å². The summed E-state index contributed by atoms with van der Waals surface area (Å²) in [6, 6.07) is 16.0. The first kappa shape index (κ1) is 33.6. The second-order valence-corrected chi connectivity index (χ2v) is 14.8. The van der Waals surface area contributed by atoms with E-state index in [9.17, 15) is 9.90 Å². The fourth-order valence-electron chi connectivity index (χ4n) is 8.60. The molecule has 1 unspecified atom stereocenters. The molecular formula is C39H50ClN3O4. The second-order valence-electron chi connectivity index (χ2n) is 14.4. The fourth-order valence-corrected chi connectivity index (χ4v) is 8.79. The lowest BCUT2D eigenvalue weighted by molar-refractivity contribution is -0.144. The minimum absolute atomic E-state index is 0.125. The summed E-state index contributed by atoms with van der Waals surface area (Å²) in [6.45, 7) is 6.54. The molecule has 0 radical (unpaired) electrons. The van der Waals surface area contributed by atoms with Crippen LogP contribution >= 0.6 is 11.6 Å². The van der Waals surface area contributed by atoms with Gasteiger partial charge in [0.15, 0.2) is 0 Å². The van der Waals surface area contributed by atoms with E-state index in [1.807, 2.05) is 24.4 Å². The number of nitrogens with two attached hydrogens (primary N) is 1. The number of ether oxygens (including phenoxy) is 2. The third-order valence-corrected chi connectivity index (χ3v) is 11.4. The van der Waals surface area contributed by atoms with Crippen LogP contribution in [-0.2, 0) is 23.1 Å². The zero-order chi connectivity index (χ0) is 33.0. The molecule has 0 aliphatic heterocycles. The Morgan fingerprint density at radius 2 is 1.96 bits per heavy atom. The van der Waals surface area contributed by atoms with Crippen molar-refractivity contribution in [3.05, 3.63) is 82.1 Å². The average molecular weight is 660 g/mol. The number of pyridine rings is 1. The van der Waals surface area contributed by atoms with Crippen molar-refractivity contribution in [3.63, 3.8) is 0 Å². The van der Waals surface area contributed by atoms with E-state index in [-0.39, 0.29) is 5.41 Å². The Hall–Kier alpha value is -3.29. The number of hydrogen-bond acceptors (Lipinski definition) is 6. The third-order valence-electron chi connectivity index (χ3n) is 11.1. The number of fused-ring (bicyclic) bond motifs is 3. The smallest absolute Gasteiger partial charge is 0.329 e. The van der Waals surface area contributed by atoms with Crippen molar-refractivity contribution < 1.29 is 19.4 Å². The highest BCUT2D eigenvalue weighted by Crippen LogP contribution is 2.56. The number of unbranched alkanes of at least 4 members (excludes halogenated alkanes) is 1. The number of nitrogens with one attached hydrogen (secondary N) is 1. The highest BCUT2D eigenvalue weighted by atomic mass is 35.5. The topological polar surface area (TPSA) is 107 Å². The molecule has 3 aliphatic rings. The van der Waals surface area contributed by atoms with Crippen molar-refractivity contribution in [2.24, 2.45) is 17.6 Å². The number of carboxylic acid groups (broad SMARTS) is 1. The van der Waals surface area contributed by atoms with Gasteiger partial charge in [0, 0.05) is 28.2 Å². The van der Waals surface area contributed by atoms with Crippen molar-refractivity contribution in [2.75, 3.05) is 25.1 Å². The van der Waals surface area contributed by atoms with Crippen LogP contribution in [0, 0.1) is 11.8 Å². The average Bonchev–Trinajstić information content (AvgIpc) is 3.34. The van der Waals surface area contributed by atoms with Crippen LogP contribution in [0.1, 0.15) is 99.9 Å². The lowest BCUT2D eigenvalue weighted by Crippen LogP contribution is -2.53. The molecular weight excluding hydrogens is 610 g/mol. The molecule has 1 saturated carbocycles. The molecule has 1 spiro atoms. The molecule has 1 heterocycles. The van der Waals surface area contributed by atoms with Crippen molar-refractivity contribution in [1.29, 1.82) is 0 Å². The van der Waals surface area contributed by atoms with Gasteiger partial charge in [-0.3, -0.25) is 4.98 Å². The van der Waals surface area contributed by atoms with Crippen LogP contribution in [0.2, 0.25) is 5.02 Å². The van der Waals surface area contributed by atoms with Crippen LogP contribution in [-0.4, -0.2) is 41.4 Å². The van der Waals surface area contributed by atoms with E-state index >= 15 is 0 Å². The number of carboxylic acids is 1. The molecule has 1 fully saturated rings. The molecule has 7 nitrogen and oxygen atoms in total.